The Hall–Kier alpha value is -7.42. The van der Waals surface area contributed by atoms with Crippen LogP contribution >= 0.6 is 0 Å². The Bertz CT molecular complexity index is 3310. The maximum absolute atomic E-state index is 2.52. The first kappa shape index (κ1) is 31.0. The zero-order valence-corrected chi connectivity index (χ0v) is 30.5. The number of rotatable bonds is 6. The Morgan fingerprint density at radius 3 is 1.11 bits per heavy atom. The molecule has 0 radical (unpaired) electrons. The van der Waals surface area contributed by atoms with Gasteiger partial charge in [0.25, 0.3) is 0 Å². The number of anilines is 6. The topological polar surface area (TPSA) is 6.48 Å². The molecule has 56 heavy (non-hydrogen) atoms. The van der Waals surface area contributed by atoms with Crippen LogP contribution in [-0.2, 0) is 0 Å². The number of para-hydroxylation sites is 4. The van der Waals surface area contributed by atoms with Gasteiger partial charge in [0.2, 0.25) is 0 Å². The van der Waals surface area contributed by atoms with E-state index in [1.807, 2.05) is 0 Å². The van der Waals surface area contributed by atoms with Gasteiger partial charge < -0.3 is 9.80 Å². The summed E-state index contributed by atoms with van der Waals surface area (Å²) < 4.78 is 0. The van der Waals surface area contributed by atoms with E-state index in [0.29, 0.717) is 0 Å². The van der Waals surface area contributed by atoms with Crippen LogP contribution in [0.1, 0.15) is 0 Å². The molecule has 0 aliphatic rings. The number of hydrogen-bond donors (Lipinski definition) is 0. The van der Waals surface area contributed by atoms with E-state index in [-0.39, 0.29) is 0 Å². The van der Waals surface area contributed by atoms with Crippen LogP contribution in [-0.4, -0.2) is 0 Å². The van der Waals surface area contributed by atoms with Gasteiger partial charge in [-0.3, -0.25) is 0 Å². The first-order valence-corrected chi connectivity index (χ1v) is 19.4. The van der Waals surface area contributed by atoms with E-state index in [9.17, 15) is 0 Å². The molecule has 0 saturated heterocycles. The standard InChI is InChI=1S/C54H34N2/c1-5-20-36(21-6-1)55(37-22-7-2-8-23-37)53-47-34-46-41-29-14-13-28-40(41)42-30-17-33-45(49(42)46)50(47)54(56(38-24-9-3-10-25-38)39-26-11-4-12-27-39)52-44-32-16-19-35-18-15-31-43(48(35)44)51(52)53/h1-34H. The van der Waals surface area contributed by atoms with Crippen molar-refractivity contribution in [2.45, 2.75) is 0 Å². The van der Waals surface area contributed by atoms with E-state index in [4.69, 9.17) is 0 Å². The lowest BCUT2D eigenvalue weighted by Crippen LogP contribution is -2.14. The van der Waals surface area contributed by atoms with E-state index in [1.165, 1.54) is 86.8 Å². The quantitative estimate of drug-likeness (QED) is 0.125. The Kier molecular flexibility index (Phi) is 6.66. The number of hydrogen-bond acceptors (Lipinski definition) is 2. The Labute approximate surface area is 324 Å². The van der Waals surface area contributed by atoms with Crippen LogP contribution in [0, 0.1) is 0 Å². The minimum absolute atomic E-state index is 1.12. The maximum atomic E-state index is 2.52. The van der Waals surface area contributed by atoms with Gasteiger partial charge in [0.1, 0.15) is 0 Å². The molecular weight excluding hydrogens is 677 g/mol. The van der Waals surface area contributed by atoms with Gasteiger partial charge in [-0.05, 0) is 108 Å². The second kappa shape index (κ2) is 12.0. The third-order valence-electron chi connectivity index (χ3n) is 11.8. The van der Waals surface area contributed by atoms with Crippen LogP contribution in [0.2, 0.25) is 0 Å². The molecule has 0 unspecified atom stereocenters. The summed E-state index contributed by atoms with van der Waals surface area (Å²) in [5, 5.41) is 17.7. The molecule has 0 saturated carbocycles. The summed E-state index contributed by atoms with van der Waals surface area (Å²) in [6.45, 7) is 0. The predicted molar refractivity (Wildman–Crippen MR) is 241 cm³/mol. The largest absolute Gasteiger partial charge is 0.309 e. The lowest BCUT2D eigenvalue weighted by molar-refractivity contribution is 1.30. The molecule has 0 amide bonds. The fourth-order valence-electron chi connectivity index (χ4n) is 9.67. The van der Waals surface area contributed by atoms with Crippen LogP contribution in [0.4, 0.5) is 34.1 Å². The highest BCUT2D eigenvalue weighted by molar-refractivity contribution is 6.45. The van der Waals surface area contributed by atoms with Crippen LogP contribution in [0.5, 0.6) is 0 Å². The summed E-state index contributed by atoms with van der Waals surface area (Å²) in [6.07, 6.45) is 0. The van der Waals surface area contributed by atoms with Crippen molar-refractivity contribution in [3.8, 4) is 0 Å². The highest BCUT2D eigenvalue weighted by Crippen LogP contribution is 2.58. The fourth-order valence-corrected chi connectivity index (χ4v) is 9.67. The third-order valence-corrected chi connectivity index (χ3v) is 11.8. The van der Waals surface area contributed by atoms with Crippen molar-refractivity contribution in [1.29, 1.82) is 0 Å². The summed E-state index contributed by atoms with van der Waals surface area (Å²) >= 11 is 0. The van der Waals surface area contributed by atoms with Crippen molar-refractivity contribution < 1.29 is 0 Å². The minimum atomic E-state index is 1.12. The van der Waals surface area contributed by atoms with Crippen molar-refractivity contribution in [2.75, 3.05) is 9.80 Å². The van der Waals surface area contributed by atoms with Crippen molar-refractivity contribution in [1.82, 2.24) is 0 Å². The van der Waals surface area contributed by atoms with E-state index >= 15 is 0 Å². The zero-order valence-electron chi connectivity index (χ0n) is 30.5. The summed E-state index contributed by atoms with van der Waals surface area (Å²) in [5.74, 6) is 0. The van der Waals surface area contributed by atoms with E-state index < -0.39 is 0 Å². The molecule has 2 heteroatoms. The van der Waals surface area contributed by atoms with Crippen molar-refractivity contribution >= 4 is 110 Å². The molecule has 0 heterocycles. The third kappa shape index (κ3) is 4.33. The van der Waals surface area contributed by atoms with Gasteiger partial charge in [0, 0.05) is 44.3 Å². The van der Waals surface area contributed by atoms with Crippen LogP contribution in [0.25, 0.3) is 75.4 Å². The maximum Gasteiger partial charge on any atom is 0.0632 e. The van der Waals surface area contributed by atoms with Gasteiger partial charge in [0.15, 0.2) is 0 Å². The molecule has 0 aromatic heterocycles. The van der Waals surface area contributed by atoms with Crippen molar-refractivity contribution in [3.63, 3.8) is 0 Å². The van der Waals surface area contributed by atoms with Gasteiger partial charge in [-0.1, -0.05) is 152 Å². The zero-order chi connectivity index (χ0) is 36.7. The van der Waals surface area contributed by atoms with Crippen LogP contribution in [0.3, 0.4) is 0 Å². The van der Waals surface area contributed by atoms with Crippen molar-refractivity contribution in [3.05, 3.63) is 206 Å². The number of nitrogens with zero attached hydrogens (tertiary/aromatic N) is 2. The molecule has 0 fully saturated rings. The summed E-state index contributed by atoms with van der Waals surface area (Å²) in [5.41, 5.74) is 6.85. The van der Waals surface area contributed by atoms with Gasteiger partial charge in [-0.2, -0.15) is 0 Å². The van der Waals surface area contributed by atoms with Gasteiger partial charge in [0.05, 0.1) is 11.4 Å². The lowest BCUT2D eigenvalue weighted by atomic mass is 9.91. The second-order valence-corrected chi connectivity index (χ2v) is 14.8. The van der Waals surface area contributed by atoms with Crippen LogP contribution < -0.4 is 9.80 Å². The van der Waals surface area contributed by atoms with Gasteiger partial charge in [-0.15, -0.1) is 0 Å². The molecule has 2 nitrogen and oxygen atoms in total. The average Bonchev–Trinajstić information content (AvgIpc) is 3.78. The van der Waals surface area contributed by atoms with Gasteiger partial charge in [-0.25, -0.2) is 0 Å². The molecule has 12 aromatic carbocycles. The van der Waals surface area contributed by atoms with Crippen molar-refractivity contribution in [2.24, 2.45) is 0 Å². The van der Waals surface area contributed by atoms with Gasteiger partial charge >= 0.3 is 0 Å². The van der Waals surface area contributed by atoms with E-state index in [2.05, 4.69) is 216 Å². The van der Waals surface area contributed by atoms with E-state index in [0.717, 1.165) is 22.7 Å². The SMILES string of the molecule is c1ccc(N(c2ccccc2)c2c3cc4c5ccccc5c5cccc(c3c(N(c3ccccc3)c3ccccc3)c3c6cccc7cccc(c23)c76)c54)cc1. The second-order valence-electron chi connectivity index (χ2n) is 14.8. The Morgan fingerprint density at radius 1 is 0.214 bits per heavy atom. The molecule has 0 aliphatic heterocycles. The highest BCUT2D eigenvalue weighted by atomic mass is 15.2. The molecule has 0 bridgehead atoms. The van der Waals surface area contributed by atoms with E-state index in [1.54, 1.807) is 0 Å². The fraction of sp³-hybridized carbons (Fsp3) is 0. The molecule has 12 rings (SSSR count). The molecule has 260 valence electrons. The first-order chi connectivity index (χ1) is 27.8. The van der Waals surface area contributed by atoms with Crippen LogP contribution in [0.15, 0.2) is 206 Å². The normalized spacial score (nSPS) is 11.9. The molecule has 12 aromatic rings. The summed E-state index contributed by atoms with van der Waals surface area (Å²) in [6, 6.07) is 75.7. The highest BCUT2D eigenvalue weighted by Gasteiger charge is 2.31. The molecule has 0 spiro atoms. The molecule has 0 atom stereocenters. The Morgan fingerprint density at radius 2 is 0.589 bits per heavy atom. The molecular formula is C54H34N2. The molecule has 0 aliphatic carbocycles. The minimum Gasteiger partial charge on any atom is -0.309 e. The first-order valence-electron chi connectivity index (χ1n) is 19.4. The molecule has 0 N–H and O–H groups in total. The lowest BCUT2D eigenvalue weighted by Gasteiger charge is -2.33. The summed E-state index contributed by atoms with van der Waals surface area (Å²) in [4.78, 5) is 5.02. The monoisotopic (exact) mass is 710 g/mol. The number of benzene rings is 10. The predicted octanol–water partition coefficient (Wildman–Crippen LogP) is 15.6. The Balaban J connectivity index is 1.43. The number of fused-ring (bicyclic) bond motifs is 8. The smallest absolute Gasteiger partial charge is 0.0632 e. The summed E-state index contributed by atoms with van der Waals surface area (Å²) in [7, 11) is 0. The average molecular weight is 711 g/mol.